The highest BCUT2D eigenvalue weighted by atomic mass is 35.5. The summed E-state index contributed by atoms with van der Waals surface area (Å²) < 4.78 is 35.5. The standard InChI is InChI=1S/C26H19ClF2N4O2/c27-17-10-8-16(9-11-17)25-23(12-13-24(34)30-14-18-19(28)4-3-5-20(18)29)35-26(32-25)33-15-31-21-6-1-2-7-22(21)33/h1-11,15H,12-14H2,(H,30,34). The number of fused-ring (bicyclic) bond motifs is 1. The second-order valence-electron chi connectivity index (χ2n) is 7.86. The van der Waals surface area contributed by atoms with Gasteiger partial charge in [0.25, 0.3) is 0 Å². The molecule has 1 N–H and O–H groups in total. The molecule has 6 nitrogen and oxygen atoms in total. The molecular formula is C26H19ClF2N4O2. The zero-order valence-corrected chi connectivity index (χ0v) is 19.1. The smallest absolute Gasteiger partial charge is 0.308 e. The molecule has 0 atom stereocenters. The van der Waals surface area contributed by atoms with Gasteiger partial charge >= 0.3 is 6.01 Å². The number of rotatable bonds is 7. The molecule has 5 aromatic rings. The number of amides is 1. The van der Waals surface area contributed by atoms with E-state index in [4.69, 9.17) is 16.0 Å². The molecule has 0 fully saturated rings. The molecule has 176 valence electrons. The molecule has 1 amide bonds. The Labute approximate surface area is 204 Å². The van der Waals surface area contributed by atoms with Crippen LogP contribution in [0.15, 0.2) is 77.5 Å². The zero-order chi connectivity index (χ0) is 24.4. The topological polar surface area (TPSA) is 73.0 Å². The highest BCUT2D eigenvalue weighted by molar-refractivity contribution is 6.30. The molecule has 0 spiro atoms. The molecule has 0 unspecified atom stereocenters. The maximum absolute atomic E-state index is 13.8. The largest absolute Gasteiger partial charge is 0.427 e. The normalized spacial score (nSPS) is 11.2. The Hall–Kier alpha value is -4.04. The summed E-state index contributed by atoms with van der Waals surface area (Å²) >= 11 is 6.04. The Morgan fingerprint density at radius 1 is 1.00 bits per heavy atom. The van der Waals surface area contributed by atoms with Gasteiger partial charge in [0.2, 0.25) is 5.91 Å². The van der Waals surface area contributed by atoms with Crippen LogP contribution in [0.5, 0.6) is 0 Å². The summed E-state index contributed by atoms with van der Waals surface area (Å²) in [5.74, 6) is -1.29. The average Bonchev–Trinajstić information content (AvgIpc) is 3.47. The number of aromatic nitrogens is 3. The quantitative estimate of drug-likeness (QED) is 0.309. The predicted molar refractivity (Wildman–Crippen MR) is 128 cm³/mol. The molecule has 5 rings (SSSR count). The minimum absolute atomic E-state index is 0.0377. The fraction of sp³-hybridized carbons (Fsp3) is 0.115. The summed E-state index contributed by atoms with van der Waals surface area (Å²) in [4.78, 5) is 21.5. The molecule has 0 radical (unpaired) electrons. The molecule has 35 heavy (non-hydrogen) atoms. The van der Waals surface area contributed by atoms with E-state index < -0.39 is 11.6 Å². The molecule has 9 heteroatoms. The van der Waals surface area contributed by atoms with Crippen molar-refractivity contribution >= 4 is 28.5 Å². The number of imidazole rings is 1. The molecule has 2 aromatic heterocycles. The second kappa shape index (κ2) is 9.68. The first-order chi connectivity index (χ1) is 17.0. The van der Waals surface area contributed by atoms with E-state index in [1.165, 1.54) is 6.07 Å². The number of carbonyl (C=O) groups is 1. The number of carbonyl (C=O) groups excluding carboxylic acids is 1. The van der Waals surface area contributed by atoms with E-state index in [9.17, 15) is 13.6 Å². The van der Waals surface area contributed by atoms with Gasteiger partial charge in [0, 0.05) is 35.5 Å². The van der Waals surface area contributed by atoms with Gasteiger partial charge in [0.1, 0.15) is 29.4 Å². The molecule has 2 heterocycles. The summed E-state index contributed by atoms with van der Waals surface area (Å²) in [6.45, 7) is -0.246. The number of nitrogens with zero attached hydrogens (tertiary/aromatic N) is 3. The van der Waals surface area contributed by atoms with Crippen LogP contribution < -0.4 is 5.32 Å². The molecule has 0 aliphatic heterocycles. The Balaban J connectivity index is 1.39. The van der Waals surface area contributed by atoms with E-state index in [1.807, 2.05) is 36.4 Å². The van der Waals surface area contributed by atoms with Gasteiger partial charge in [-0.25, -0.2) is 13.8 Å². The average molecular weight is 493 g/mol. The summed E-state index contributed by atoms with van der Waals surface area (Å²) in [5.41, 5.74) is 2.78. The summed E-state index contributed by atoms with van der Waals surface area (Å²) in [6.07, 6.45) is 1.89. The summed E-state index contributed by atoms with van der Waals surface area (Å²) in [6, 6.07) is 18.6. The summed E-state index contributed by atoms with van der Waals surface area (Å²) in [5, 5.41) is 3.15. The van der Waals surface area contributed by atoms with Crippen LogP contribution in [0.25, 0.3) is 28.3 Å². The van der Waals surface area contributed by atoms with Crippen LogP contribution in [0, 0.1) is 11.6 Å². The van der Waals surface area contributed by atoms with Crippen LogP contribution in [0.2, 0.25) is 5.02 Å². The van der Waals surface area contributed by atoms with Gasteiger partial charge in [0.05, 0.1) is 11.0 Å². The van der Waals surface area contributed by atoms with Crippen LogP contribution >= 0.6 is 11.6 Å². The zero-order valence-electron chi connectivity index (χ0n) is 18.3. The monoisotopic (exact) mass is 492 g/mol. The number of nitrogens with one attached hydrogen (secondary N) is 1. The maximum atomic E-state index is 13.8. The van der Waals surface area contributed by atoms with Crippen molar-refractivity contribution in [2.75, 3.05) is 0 Å². The molecule has 3 aromatic carbocycles. The lowest BCUT2D eigenvalue weighted by atomic mass is 10.1. The van der Waals surface area contributed by atoms with E-state index in [1.54, 1.807) is 23.0 Å². The number of halogens is 3. The van der Waals surface area contributed by atoms with Gasteiger partial charge < -0.3 is 9.73 Å². The summed E-state index contributed by atoms with van der Waals surface area (Å²) in [7, 11) is 0. The Morgan fingerprint density at radius 3 is 2.51 bits per heavy atom. The van der Waals surface area contributed by atoms with E-state index >= 15 is 0 Å². The third-order valence-electron chi connectivity index (χ3n) is 5.57. The van der Waals surface area contributed by atoms with Gasteiger partial charge in [-0.05, 0) is 36.4 Å². The van der Waals surface area contributed by atoms with Crippen LogP contribution in [0.4, 0.5) is 8.78 Å². The minimum atomic E-state index is -0.706. The van der Waals surface area contributed by atoms with Crippen molar-refractivity contribution in [3.05, 3.63) is 101 Å². The molecule has 0 aliphatic rings. The third kappa shape index (κ3) is 4.79. The van der Waals surface area contributed by atoms with Gasteiger partial charge in [0.15, 0.2) is 0 Å². The maximum Gasteiger partial charge on any atom is 0.308 e. The molecular weight excluding hydrogens is 474 g/mol. The van der Waals surface area contributed by atoms with E-state index in [2.05, 4.69) is 15.3 Å². The van der Waals surface area contributed by atoms with Crippen LogP contribution in [-0.2, 0) is 17.8 Å². The number of aryl methyl sites for hydroxylation is 1. The number of para-hydroxylation sites is 2. The van der Waals surface area contributed by atoms with Crippen molar-refractivity contribution in [1.82, 2.24) is 19.9 Å². The molecule has 0 bridgehead atoms. The number of hydrogen-bond acceptors (Lipinski definition) is 4. The lowest BCUT2D eigenvalue weighted by Gasteiger charge is -2.07. The van der Waals surface area contributed by atoms with Crippen LogP contribution in [0.1, 0.15) is 17.7 Å². The fourth-order valence-electron chi connectivity index (χ4n) is 3.76. The first kappa shape index (κ1) is 22.7. The lowest BCUT2D eigenvalue weighted by molar-refractivity contribution is -0.121. The Morgan fingerprint density at radius 2 is 1.74 bits per heavy atom. The van der Waals surface area contributed by atoms with Crippen molar-refractivity contribution in [2.24, 2.45) is 0 Å². The van der Waals surface area contributed by atoms with Crippen molar-refractivity contribution in [3.63, 3.8) is 0 Å². The Kier molecular flexibility index (Phi) is 6.29. The molecule has 0 saturated carbocycles. The highest BCUT2D eigenvalue weighted by Crippen LogP contribution is 2.29. The second-order valence-corrected chi connectivity index (χ2v) is 8.29. The number of benzene rings is 3. The van der Waals surface area contributed by atoms with E-state index in [-0.39, 0.29) is 30.9 Å². The van der Waals surface area contributed by atoms with Crippen molar-refractivity contribution < 1.29 is 18.0 Å². The van der Waals surface area contributed by atoms with Crippen LogP contribution in [-0.4, -0.2) is 20.4 Å². The molecule has 0 saturated heterocycles. The first-order valence-electron chi connectivity index (χ1n) is 10.9. The van der Waals surface area contributed by atoms with E-state index in [0.29, 0.717) is 22.5 Å². The minimum Gasteiger partial charge on any atom is -0.427 e. The third-order valence-corrected chi connectivity index (χ3v) is 5.82. The van der Waals surface area contributed by atoms with Crippen molar-refractivity contribution in [2.45, 2.75) is 19.4 Å². The SMILES string of the molecule is O=C(CCc1oc(-n2cnc3ccccc32)nc1-c1ccc(Cl)cc1)NCc1c(F)cccc1F. The van der Waals surface area contributed by atoms with Gasteiger partial charge in [-0.3, -0.25) is 9.36 Å². The van der Waals surface area contributed by atoms with Crippen molar-refractivity contribution in [1.29, 1.82) is 0 Å². The van der Waals surface area contributed by atoms with E-state index in [0.717, 1.165) is 28.7 Å². The predicted octanol–water partition coefficient (Wildman–Crippen LogP) is 5.86. The highest BCUT2D eigenvalue weighted by Gasteiger charge is 2.19. The molecule has 0 aliphatic carbocycles. The Bertz CT molecular complexity index is 1490. The fourth-order valence-corrected chi connectivity index (χ4v) is 3.89. The number of oxazole rings is 1. The van der Waals surface area contributed by atoms with Gasteiger partial charge in [-0.1, -0.05) is 41.9 Å². The lowest BCUT2D eigenvalue weighted by Crippen LogP contribution is -2.24. The number of hydrogen-bond donors (Lipinski definition) is 1. The van der Waals surface area contributed by atoms with Crippen LogP contribution in [0.3, 0.4) is 0 Å². The van der Waals surface area contributed by atoms with Gasteiger partial charge in [-0.2, -0.15) is 4.98 Å². The van der Waals surface area contributed by atoms with Crippen molar-refractivity contribution in [3.8, 4) is 17.3 Å². The van der Waals surface area contributed by atoms with Gasteiger partial charge in [-0.15, -0.1) is 0 Å². The first-order valence-corrected chi connectivity index (χ1v) is 11.2.